The van der Waals surface area contributed by atoms with E-state index >= 15 is 0 Å². The molecule has 1 atom stereocenters. The van der Waals surface area contributed by atoms with Gasteiger partial charge in [-0.2, -0.15) is 0 Å². The van der Waals surface area contributed by atoms with Gasteiger partial charge in [-0.3, -0.25) is 14.4 Å². The molecule has 1 heterocycles. The number of para-hydroxylation sites is 1. The SMILES string of the molecule is Cc1ccc(NC(=O)C[C@H]2NC(=O)c3ccccc3NC2=O)c(Cl)c1. The predicted molar refractivity (Wildman–Crippen MR) is 95.8 cm³/mol. The van der Waals surface area contributed by atoms with E-state index in [9.17, 15) is 14.4 Å². The van der Waals surface area contributed by atoms with Gasteiger partial charge in [0.2, 0.25) is 11.8 Å². The predicted octanol–water partition coefficient (Wildman–Crippen LogP) is 2.73. The number of hydrogen-bond donors (Lipinski definition) is 3. The molecule has 0 aromatic heterocycles. The van der Waals surface area contributed by atoms with Gasteiger partial charge < -0.3 is 16.0 Å². The molecule has 2 aromatic carbocycles. The summed E-state index contributed by atoms with van der Waals surface area (Å²) in [6.07, 6.45) is -0.199. The summed E-state index contributed by atoms with van der Waals surface area (Å²) < 4.78 is 0. The smallest absolute Gasteiger partial charge is 0.254 e. The second-order valence-electron chi connectivity index (χ2n) is 5.80. The van der Waals surface area contributed by atoms with Crippen molar-refractivity contribution in [1.29, 1.82) is 0 Å². The monoisotopic (exact) mass is 357 g/mol. The summed E-state index contributed by atoms with van der Waals surface area (Å²) in [6, 6.07) is 10.9. The van der Waals surface area contributed by atoms with Gasteiger partial charge in [0.1, 0.15) is 6.04 Å². The van der Waals surface area contributed by atoms with E-state index < -0.39 is 23.8 Å². The van der Waals surface area contributed by atoms with E-state index in [1.54, 1.807) is 36.4 Å². The molecule has 7 heteroatoms. The zero-order chi connectivity index (χ0) is 18.0. The van der Waals surface area contributed by atoms with Gasteiger partial charge in [-0.05, 0) is 36.8 Å². The number of anilines is 2. The van der Waals surface area contributed by atoms with Crippen molar-refractivity contribution >= 4 is 40.7 Å². The molecule has 25 heavy (non-hydrogen) atoms. The van der Waals surface area contributed by atoms with Crippen LogP contribution in [0.3, 0.4) is 0 Å². The minimum Gasteiger partial charge on any atom is -0.340 e. The Kier molecular flexibility index (Phi) is 4.72. The normalized spacial score (nSPS) is 16.3. The van der Waals surface area contributed by atoms with Crippen LogP contribution in [-0.2, 0) is 9.59 Å². The molecular formula is C18H16ClN3O3. The first-order chi connectivity index (χ1) is 11.9. The third-order valence-corrected chi connectivity index (χ3v) is 4.15. The Morgan fingerprint density at radius 1 is 1.20 bits per heavy atom. The number of fused-ring (bicyclic) bond motifs is 1. The van der Waals surface area contributed by atoms with Gasteiger partial charge in [0.15, 0.2) is 0 Å². The van der Waals surface area contributed by atoms with Gasteiger partial charge in [0.25, 0.3) is 5.91 Å². The highest BCUT2D eigenvalue weighted by molar-refractivity contribution is 6.33. The van der Waals surface area contributed by atoms with Crippen molar-refractivity contribution in [2.24, 2.45) is 0 Å². The van der Waals surface area contributed by atoms with Gasteiger partial charge >= 0.3 is 0 Å². The maximum atomic E-state index is 12.3. The maximum Gasteiger partial charge on any atom is 0.254 e. The molecule has 0 bridgehead atoms. The molecule has 0 saturated carbocycles. The summed E-state index contributed by atoms with van der Waals surface area (Å²) in [5, 5.41) is 8.31. The number of nitrogens with one attached hydrogen (secondary N) is 3. The highest BCUT2D eigenvalue weighted by Crippen LogP contribution is 2.23. The standard InChI is InChI=1S/C18H16ClN3O3/c1-10-6-7-14(12(19)8-10)20-16(23)9-15-18(25)21-13-5-3-2-4-11(13)17(24)22-15/h2-8,15H,9H2,1H3,(H,20,23)(H,21,25)(H,22,24)/t15-/m1/s1. The molecule has 0 fully saturated rings. The molecule has 128 valence electrons. The molecule has 0 spiro atoms. The van der Waals surface area contributed by atoms with E-state index in [0.717, 1.165) is 5.56 Å². The lowest BCUT2D eigenvalue weighted by molar-refractivity contribution is -0.122. The van der Waals surface area contributed by atoms with Crippen molar-refractivity contribution in [3.8, 4) is 0 Å². The van der Waals surface area contributed by atoms with Crippen molar-refractivity contribution in [2.45, 2.75) is 19.4 Å². The van der Waals surface area contributed by atoms with Gasteiger partial charge in [-0.1, -0.05) is 29.8 Å². The lowest BCUT2D eigenvalue weighted by Gasteiger charge is -2.15. The van der Waals surface area contributed by atoms with Crippen LogP contribution < -0.4 is 16.0 Å². The third kappa shape index (κ3) is 3.80. The Bertz CT molecular complexity index is 866. The average molecular weight is 358 g/mol. The lowest BCUT2D eigenvalue weighted by atomic mass is 10.1. The molecule has 3 rings (SSSR count). The van der Waals surface area contributed by atoms with Crippen LogP contribution in [-0.4, -0.2) is 23.8 Å². The zero-order valence-corrected chi connectivity index (χ0v) is 14.2. The Labute approximate surface area is 149 Å². The molecule has 0 aliphatic carbocycles. The number of benzene rings is 2. The minimum absolute atomic E-state index is 0.199. The van der Waals surface area contributed by atoms with Gasteiger partial charge in [-0.15, -0.1) is 0 Å². The van der Waals surface area contributed by atoms with Crippen molar-refractivity contribution in [1.82, 2.24) is 5.32 Å². The molecule has 3 amide bonds. The summed E-state index contributed by atoms with van der Waals surface area (Å²) in [5.74, 6) is -1.26. The molecule has 0 unspecified atom stereocenters. The van der Waals surface area contributed by atoms with Crippen LogP contribution >= 0.6 is 11.6 Å². The van der Waals surface area contributed by atoms with Crippen LogP contribution in [0.4, 0.5) is 11.4 Å². The molecule has 3 N–H and O–H groups in total. The van der Waals surface area contributed by atoms with Crippen molar-refractivity contribution < 1.29 is 14.4 Å². The number of hydrogen-bond acceptors (Lipinski definition) is 3. The van der Waals surface area contributed by atoms with Gasteiger partial charge in [-0.25, -0.2) is 0 Å². The van der Waals surface area contributed by atoms with E-state index in [4.69, 9.17) is 11.6 Å². The largest absolute Gasteiger partial charge is 0.340 e. The van der Waals surface area contributed by atoms with Crippen LogP contribution in [0.2, 0.25) is 5.02 Å². The van der Waals surface area contributed by atoms with E-state index in [1.165, 1.54) is 0 Å². The van der Waals surface area contributed by atoms with Crippen molar-refractivity contribution in [3.05, 3.63) is 58.6 Å². The van der Waals surface area contributed by atoms with E-state index in [2.05, 4.69) is 16.0 Å². The first-order valence-corrected chi connectivity index (χ1v) is 8.08. The van der Waals surface area contributed by atoms with E-state index in [-0.39, 0.29) is 6.42 Å². The van der Waals surface area contributed by atoms with Crippen LogP contribution in [0.15, 0.2) is 42.5 Å². The van der Waals surface area contributed by atoms with Crippen LogP contribution in [0.1, 0.15) is 22.3 Å². The molecular weight excluding hydrogens is 342 g/mol. The number of halogens is 1. The lowest BCUT2D eigenvalue weighted by Crippen LogP contribution is -2.43. The number of carbonyl (C=O) groups is 3. The Balaban J connectivity index is 1.71. The number of aryl methyl sites for hydroxylation is 1. The first kappa shape index (κ1) is 17.0. The highest BCUT2D eigenvalue weighted by Gasteiger charge is 2.29. The Morgan fingerprint density at radius 3 is 2.72 bits per heavy atom. The molecule has 1 aliphatic rings. The molecule has 1 aliphatic heterocycles. The number of rotatable bonds is 3. The summed E-state index contributed by atoms with van der Waals surface area (Å²) in [5.41, 5.74) is 2.21. The first-order valence-electron chi connectivity index (χ1n) is 7.71. The number of amides is 3. The molecule has 6 nitrogen and oxygen atoms in total. The summed E-state index contributed by atoms with van der Waals surface area (Å²) in [6.45, 7) is 1.89. The minimum atomic E-state index is -0.968. The van der Waals surface area contributed by atoms with Crippen LogP contribution in [0, 0.1) is 6.92 Å². The Hall–Kier alpha value is -2.86. The Morgan fingerprint density at radius 2 is 1.96 bits per heavy atom. The van der Waals surface area contributed by atoms with Gasteiger partial charge in [0.05, 0.1) is 28.4 Å². The quantitative estimate of drug-likeness (QED) is 0.789. The number of carbonyl (C=O) groups excluding carboxylic acids is 3. The molecule has 2 aromatic rings. The summed E-state index contributed by atoms with van der Waals surface area (Å²) >= 11 is 6.09. The van der Waals surface area contributed by atoms with E-state index in [0.29, 0.717) is 22.0 Å². The van der Waals surface area contributed by atoms with Crippen LogP contribution in [0.25, 0.3) is 0 Å². The molecule has 0 saturated heterocycles. The molecule has 0 radical (unpaired) electrons. The summed E-state index contributed by atoms with van der Waals surface area (Å²) in [4.78, 5) is 36.8. The van der Waals surface area contributed by atoms with E-state index in [1.807, 2.05) is 13.0 Å². The fourth-order valence-corrected chi connectivity index (χ4v) is 2.85. The van der Waals surface area contributed by atoms with Crippen molar-refractivity contribution in [3.63, 3.8) is 0 Å². The second kappa shape index (κ2) is 6.94. The van der Waals surface area contributed by atoms with Gasteiger partial charge in [0, 0.05) is 0 Å². The van der Waals surface area contributed by atoms with Crippen molar-refractivity contribution in [2.75, 3.05) is 10.6 Å². The summed E-state index contributed by atoms with van der Waals surface area (Å²) in [7, 11) is 0. The topological polar surface area (TPSA) is 87.3 Å². The average Bonchev–Trinajstić information content (AvgIpc) is 2.68. The van der Waals surface area contributed by atoms with Crippen LogP contribution in [0.5, 0.6) is 0 Å². The zero-order valence-electron chi connectivity index (χ0n) is 13.4. The third-order valence-electron chi connectivity index (χ3n) is 3.84. The fraction of sp³-hybridized carbons (Fsp3) is 0.167. The maximum absolute atomic E-state index is 12.3. The fourth-order valence-electron chi connectivity index (χ4n) is 2.56. The second-order valence-corrected chi connectivity index (χ2v) is 6.20. The highest BCUT2D eigenvalue weighted by atomic mass is 35.5.